The number of nitrogens with one attached hydrogen (secondary N) is 1. The van der Waals surface area contributed by atoms with Gasteiger partial charge in [-0.05, 0) is 42.7 Å². The van der Waals surface area contributed by atoms with E-state index >= 15 is 0 Å². The summed E-state index contributed by atoms with van der Waals surface area (Å²) in [4.78, 5) is 19.6. The van der Waals surface area contributed by atoms with E-state index in [1.54, 1.807) is 6.20 Å². The lowest BCUT2D eigenvalue weighted by molar-refractivity contribution is -0.121. The summed E-state index contributed by atoms with van der Waals surface area (Å²) >= 11 is 0. The first-order chi connectivity index (χ1) is 16.5. The van der Waals surface area contributed by atoms with Crippen molar-refractivity contribution < 1.29 is 14.3 Å². The van der Waals surface area contributed by atoms with Crippen LogP contribution in [0.1, 0.15) is 37.0 Å². The molecule has 0 spiro atoms. The fourth-order valence-corrected chi connectivity index (χ4v) is 4.00. The SMILES string of the molecule is CCOc1cc(Cc2cnc(N)nc2N)cc(OCC)c1-c1ccc(CN2CCC(=O)N2)cc1. The molecule has 2 heterocycles. The van der Waals surface area contributed by atoms with Gasteiger partial charge in [-0.2, -0.15) is 4.98 Å². The van der Waals surface area contributed by atoms with Crippen LogP contribution in [0.15, 0.2) is 42.6 Å². The highest BCUT2D eigenvalue weighted by Gasteiger charge is 2.19. The molecule has 34 heavy (non-hydrogen) atoms. The van der Waals surface area contributed by atoms with Gasteiger partial charge in [0, 0.05) is 37.7 Å². The lowest BCUT2D eigenvalue weighted by Crippen LogP contribution is -2.32. The van der Waals surface area contributed by atoms with Crippen molar-refractivity contribution in [1.29, 1.82) is 0 Å². The number of anilines is 2. The van der Waals surface area contributed by atoms with Crippen molar-refractivity contribution >= 4 is 17.7 Å². The van der Waals surface area contributed by atoms with Gasteiger partial charge >= 0.3 is 0 Å². The number of hydrogen-bond donors (Lipinski definition) is 3. The number of benzene rings is 2. The molecule has 0 aliphatic carbocycles. The molecule has 1 amide bonds. The summed E-state index contributed by atoms with van der Waals surface area (Å²) in [6, 6.07) is 12.2. The summed E-state index contributed by atoms with van der Waals surface area (Å²) in [5.41, 5.74) is 19.3. The minimum absolute atomic E-state index is 0.0618. The predicted octanol–water partition coefficient (Wildman–Crippen LogP) is 2.93. The summed E-state index contributed by atoms with van der Waals surface area (Å²) in [5, 5.41) is 1.93. The Balaban J connectivity index is 1.65. The maximum Gasteiger partial charge on any atom is 0.235 e. The third-order valence-electron chi connectivity index (χ3n) is 5.54. The molecular formula is C25H30N6O3. The third kappa shape index (κ3) is 5.37. The fourth-order valence-electron chi connectivity index (χ4n) is 4.00. The summed E-state index contributed by atoms with van der Waals surface area (Å²) in [5.74, 6) is 2.04. The van der Waals surface area contributed by atoms with Crippen molar-refractivity contribution in [2.45, 2.75) is 33.2 Å². The number of ether oxygens (including phenoxy) is 2. The lowest BCUT2D eigenvalue weighted by atomic mass is 9.97. The minimum Gasteiger partial charge on any atom is -0.493 e. The van der Waals surface area contributed by atoms with E-state index in [4.69, 9.17) is 20.9 Å². The van der Waals surface area contributed by atoms with Gasteiger partial charge in [-0.15, -0.1) is 0 Å². The number of hydrogen-bond acceptors (Lipinski definition) is 8. The average molecular weight is 463 g/mol. The van der Waals surface area contributed by atoms with Gasteiger partial charge in [-0.3, -0.25) is 10.2 Å². The normalized spacial score (nSPS) is 13.6. The monoisotopic (exact) mass is 462 g/mol. The van der Waals surface area contributed by atoms with E-state index in [1.807, 2.05) is 31.0 Å². The average Bonchev–Trinajstić information content (AvgIpc) is 3.21. The standard InChI is InChI=1S/C25H30N6O3/c1-3-33-20-12-17(11-19-14-28-25(27)29-24(19)26)13-21(34-4-2)23(20)18-7-5-16(6-8-18)15-31-10-9-22(32)30-31/h5-8,12-14H,3-4,9-11,15H2,1-2H3,(H,30,32)(H4,26,27,28,29). The molecule has 1 aliphatic heterocycles. The molecule has 1 aromatic heterocycles. The number of aromatic nitrogens is 2. The summed E-state index contributed by atoms with van der Waals surface area (Å²) in [7, 11) is 0. The molecule has 1 fully saturated rings. The highest BCUT2D eigenvalue weighted by Crippen LogP contribution is 2.40. The Labute approximate surface area is 199 Å². The van der Waals surface area contributed by atoms with Crippen LogP contribution in [0.3, 0.4) is 0 Å². The maximum atomic E-state index is 11.5. The number of amides is 1. The Kier molecular flexibility index (Phi) is 7.12. The van der Waals surface area contributed by atoms with Crippen LogP contribution >= 0.6 is 0 Å². The van der Waals surface area contributed by atoms with Crippen molar-refractivity contribution in [3.8, 4) is 22.6 Å². The highest BCUT2D eigenvalue weighted by atomic mass is 16.5. The van der Waals surface area contributed by atoms with E-state index in [-0.39, 0.29) is 11.9 Å². The van der Waals surface area contributed by atoms with Crippen molar-refractivity contribution in [3.05, 3.63) is 59.3 Å². The molecule has 1 saturated heterocycles. The first-order valence-corrected chi connectivity index (χ1v) is 11.4. The molecule has 2 aromatic carbocycles. The second-order valence-corrected chi connectivity index (χ2v) is 8.05. The number of hydrazine groups is 1. The Morgan fingerprint density at radius 1 is 1.03 bits per heavy atom. The Hall–Kier alpha value is -3.85. The number of nitrogens with two attached hydrogens (primary N) is 2. The Bertz CT molecular complexity index is 1140. The quantitative estimate of drug-likeness (QED) is 0.443. The molecule has 1 aliphatic rings. The number of rotatable bonds is 9. The molecule has 4 rings (SSSR count). The van der Waals surface area contributed by atoms with Gasteiger partial charge in [-0.25, -0.2) is 9.99 Å². The van der Waals surface area contributed by atoms with Gasteiger partial charge in [0.1, 0.15) is 17.3 Å². The van der Waals surface area contributed by atoms with Crippen LogP contribution in [0.4, 0.5) is 11.8 Å². The fraction of sp³-hybridized carbons (Fsp3) is 0.320. The number of carbonyl (C=O) groups excluding carboxylic acids is 1. The molecule has 3 aromatic rings. The summed E-state index contributed by atoms with van der Waals surface area (Å²) < 4.78 is 12.1. The Morgan fingerprint density at radius 3 is 2.26 bits per heavy atom. The van der Waals surface area contributed by atoms with Gasteiger partial charge in [0.05, 0.1) is 18.8 Å². The highest BCUT2D eigenvalue weighted by molar-refractivity contribution is 5.78. The van der Waals surface area contributed by atoms with Crippen LogP contribution in [0, 0.1) is 0 Å². The van der Waals surface area contributed by atoms with Gasteiger partial charge in [0.15, 0.2) is 0 Å². The molecule has 9 heteroatoms. The molecular weight excluding hydrogens is 432 g/mol. The third-order valence-corrected chi connectivity index (χ3v) is 5.54. The van der Waals surface area contributed by atoms with Crippen LogP contribution in [-0.4, -0.2) is 40.6 Å². The van der Waals surface area contributed by atoms with Crippen molar-refractivity contribution in [2.24, 2.45) is 0 Å². The largest absolute Gasteiger partial charge is 0.493 e. The van der Waals surface area contributed by atoms with E-state index in [9.17, 15) is 4.79 Å². The Morgan fingerprint density at radius 2 is 1.71 bits per heavy atom. The topological polar surface area (TPSA) is 129 Å². The number of nitrogens with zero attached hydrogens (tertiary/aromatic N) is 3. The minimum atomic E-state index is 0.0618. The molecule has 0 unspecified atom stereocenters. The maximum absolute atomic E-state index is 11.5. The van der Waals surface area contributed by atoms with Crippen LogP contribution in [0.5, 0.6) is 11.5 Å². The van der Waals surface area contributed by atoms with Crippen LogP contribution in [0.2, 0.25) is 0 Å². The first kappa shape index (κ1) is 23.3. The predicted molar refractivity (Wildman–Crippen MR) is 131 cm³/mol. The number of nitrogen functional groups attached to an aromatic ring is 2. The van der Waals surface area contributed by atoms with Crippen molar-refractivity contribution in [3.63, 3.8) is 0 Å². The zero-order valence-corrected chi connectivity index (χ0v) is 19.5. The summed E-state index contributed by atoms with van der Waals surface area (Å²) in [6.45, 7) is 6.32. The second kappa shape index (κ2) is 10.4. The van der Waals surface area contributed by atoms with E-state index in [0.717, 1.165) is 39.3 Å². The van der Waals surface area contributed by atoms with Crippen LogP contribution in [-0.2, 0) is 17.8 Å². The first-order valence-electron chi connectivity index (χ1n) is 11.4. The molecule has 0 radical (unpaired) electrons. The molecule has 0 saturated carbocycles. The van der Waals surface area contributed by atoms with E-state index in [1.165, 1.54) is 0 Å². The van der Waals surface area contributed by atoms with Gasteiger partial charge in [0.2, 0.25) is 11.9 Å². The molecule has 5 N–H and O–H groups in total. The van der Waals surface area contributed by atoms with Gasteiger partial charge in [0.25, 0.3) is 0 Å². The van der Waals surface area contributed by atoms with E-state index in [0.29, 0.717) is 45.0 Å². The summed E-state index contributed by atoms with van der Waals surface area (Å²) in [6.07, 6.45) is 2.70. The molecule has 178 valence electrons. The van der Waals surface area contributed by atoms with Crippen LogP contribution in [0.25, 0.3) is 11.1 Å². The molecule has 0 atom stereocenters. The smallest absolute Gasteiger partial charge is 0.235 e. The lowest BCUT2D eigenvalue weighted by Gasteiger charge is -2.19. The van der Waals surface area contributed by atoms with E-state index in [2.05, 4.69) is 39.7 Å². The zero-order valence-electron chi connectivity index (χ0n) is 19.5. The zero-order chi connectivity index (χ0) is 24.1. The van der Waals surface area contributed by atoms with Crippen molar-refractivity contribution in [2.75, 3.05) is 31.2 Å². The van der Waals surface area contributed by atoms with Crippen molar-refractivity contribution in [1.82, 2.24) is 20.4 Å². The van der Waals surface area contributed by atoms with Gasteiger partial charge in [-0.1, -0.05) is 24.3 Å². The molecule has 0 bridgehead atoms. The van der Waals surface area contributed by atoms with Gasteiger partial charge < -0.3 is 20.9 Å². The van der Waals surface area contributed by atoms with Crippen LogP contribution < -0.4 is 26.4 Å². The molecule has 9 nitrogen and oxygen atoms in total. The number of carbonyl (C=O) groups is 1. The second-order valence-electron chi connectivity index (χ2n) is 8.05. The van der Waals surface area contributed by atoms with E-state index < -0.39 is 0 Å².